The van der Waals surface area contributed by atoms with E-state index in [-0.39, 0.29) is 22.6 Å². The van der Waals surface area contributed by atoms with Crippen molar-refractivity contribution in [3.05, 3.63) is 82.9 Å². The summed E-state index contributed by atoms with van der Waals surface area (Å²) >= 11 is 0. The van der Waals surface area contributed by atoms with Gasteiger partial charge in [-0.3, -0.25) is 9.78 Å². The monoisotopic (exact) mass is 473 g/mol. The lowest BCUT2D eigenvalue weighted by Gasteiger charge is -2.26. The van der Waals surface area contributed by atoms with Gasteiger partial charge in [0, 0.05) is 17.2 Å². The number of pyridine rings is 1. The molecule has 5 heteroatoms. The third kappa shape index (κ3) is 4.82. The number of fused-ring (bicyclic) bond motifs is 2. The molecule has 0 radical (unpaired) electrons. The standard InChI is InChI=1S/C30H32FNO3/c1-29(2,3)14-21-11-19(6-9-25(21)22-12-23(31)17-32-16-22)18-35-24-8-7-20-5-4-10-30(26(20)13-24)15-27(30)28(33)34/h6-9,11-13,16-17,27H,4-5,10,14-15,18H2,1-3H3,(H,33,34). The lowest BCUT2D eigenvalue weighted by molar-refractivity contribution is -0.139. The smallest absolute Gasteiger partial charge is 0.307 e. The Kier molecular flexibility index (Phi) is 5.90. The van der Waals surface area contributed by atoms with Crippen LogP contribution < -0.4 is 4.74 Å². The average molecular weight is 474 g/mol. The van der Waals surface area contributed by atoms with Gasteiger partial charge in [0.1, 0.15) is 18.2 Å². The van der Waals surface area contributed by atoms with E-state index in [1.165, 1.54) is 17.8 Å². The van der Waals surface area contributed by atoms with Crippen molar-refractivity contribution in [3.63, 3.8) is 0 Å². The lowest BCUT2D eigenvalue weighted by atomic mass is 9.78. The largest absolute Gasteiger partial charge is 0.489 e. The molecule has 2 unspecified atom stereocenters. The van der Waals surface area contributed by atoms with Crippen molar-refractivity contribution in [3.8, 4) is 16.9 Å². The number of hydrogen-bond donors (Lipinski definition) is 1. The van der Waals surface area contributed by atoms with Crippen LogP contribution in [0.5, 0.6) is 5.75 Å². The van der Waals surface area contributed by atoms with Crippen LogP contribution in [0.15, 0.2) is 54.9 Å². The summed E-state index contributed by atoms with van der Waals surface area (Å²) < 4.78 is 20.0. The maximum atomic E-state index is 13.8. The molecule has 1 saturated carbocycles. The van der Waals surface area contributed by atoms with E-state index in [1.807, 2.05) is 18.2 Å². The van der Waals surface area contributed by atoms with E-state index in [9.17, 15) is 14.3 Å². The van der Waals surface area contributed by atoms with E-state index in [0.29, 0.717) is 6.61 Å². The quantitative estimate of drug-likeness (QED) is 0.431. The molecule has 2 aliphatic rings. The van der Waals surface area contributed by atoms with Crippen molar-refractivity contribution in [2.45, 2.75) is 64.9 Å². The van der Waals surface area contributed by atoms with Crippen molar-refractivity contribution in [2.75, 3.05) is 0 Å². The van der Waals surface area contributed by atoms with E-state index in [4.69, 9.17) is 4.74 Å². The van der Waals surface area contributed by atoms with Gasteiger partial charge in [-0.05, 0) is 83.5 Å². The van der Waals surface area contributed by atoms with E-state index in [1.54, 1.807) is 6.20 Å². The number of carboxylic acid groups (broad SMARTS) is 1. The molecule has 5 rings (SSSR count). The first-order valence-corrected chi connectivity index (χ1v) is 12.4. The molecule has 1 spiro atoms. The molecule has 1 heterocycles. The van der Waals surface area contributed by atoms with E-state index in [2.05, 4.69) is 44.0 Å². The summed E-state index contributed by atoms with van der Waals surface area (Å²) in [6, 6.07) is 13.9. The third-order valence-electron chi connectivity index (χ3n) is 7.37. The van der Waals surface area contributed by atoms with Gasteiger partial charge in [-0.1, -0.05) is 45.0 Å². The number of nitrogens with zero attached hydrogens (tertiary/aromatic N) is 1. The van der Waals surface area contributed by atoms with Gasteiger partial charge in [0.05, 0.1) is 12.1 Å². The van der Waals surface area contributed by atoms with Crippen LogP contribution in [0.1, 0.15) is 62.3 Å². The topological polar surface area (TPSA) is 59.4 Å². The zero-order chi connectivity index (χ0) is 24.8. The number of ether oxygens (including phenoxy) is 1. The molecular formula is C30H32FNO3. The molecule has 0 bridgehead atoms. The number of aromatic nitrogens is 1. The fourth-order valence-electron chi connectivity index (χ4n) is 5.72. The second kappa shape index (κ2) is 8.78. The van der Waals surface area contributed by atoms with Crippen LogP contribution in [0.3, 0.4) is 0 Å². The van der Waals surface area contributed by atoms with Gasteiger partial charge in [-0.15, -0.1) is 0 Å². The van der Waals surface area contributed by atoms with Crippen molar-refractivity contribution >= 4 is 5.97 Å². The van der Waals surface area contributed by atoms with Gasteiger partial charge < -0.3 is 9.84 Å². The predicted octanol–water partition coefficient (Wildman–Crippen LogP) is 6.73. The summed E-state index contributed by atoms with van der Waals surface area (Å²) in [7, 11) is 0. The first-order valence-electron chi connectivity index (χ1n) is 12.4. The van der Waals surface area contributed by atoms with E-state index < -0.39 is 5.97 Å². The highest BCUT2D eigenvalue weighted by atomic mass is 19.1. The second-order valence-corrected chi connectivity index (χ2v) is 11.3. The predicted molar refractivity (Wildman–Crippen MR) is 134 cm³/mol. The minimum absolute atomic E-state index is 0.0622. The molecule has 0 aliphatic heterocycles. The Hall–Kier alpha value is -3.21. The Morgan fingerprint density at radius 3 is 2.71 bits per heavy atom. The Morgan fingerprint density at radius 2 is 2.00 bits per heavy atom. The van der Waals surface area contributed by atoms with Gasteiger partial charge >= 0.3 is 5.97 Å². The van der Waals surface area contributed by atoms with Gasteiger partial charge in [0.15, 0.2) is 0 Å². The summed E-state index contributed by atoms with van der Waals surface area (Å²) in [5.74, 6) is -0.537. The molecule has 2 aromatic carbocycles. The summed E-state index contributed by atoms with van der Waals surface area (Å²) in [5, 5.41) is 9.59. The number of carbonyl (C=O) groups is 1. The molecule has 4 nitrogen and oxygen atoms in total. The van der Waals surface area contributed by atoms with Crippen LogP contribution in [0.25, 0.3) is 11.1 Å². The molecular weight excluding hydrogens is 441 g/mol. The number of aliphatic carboxylic acids is 1. The maximum Gasteiger partial charge on any atom is 0.307 e. The first kappa shape index (κ1) is 23.5. The van der Waals surface area contributed by atoms with Crippen LogP contribution >= 0.6 is 0 Å². The highest BCUT2D eigenvalue weighted by Gasteiger charge is 2.60. The van der Waals surface area contributed by atoms with E-state index in [0.717, 1.165) is 65.7 Å². The van der Waals surface area contributed by atoms with Crippen LogP contribution in [0, 0.1) is 17.2 Å². The summed E-state index contributed by atoms with van der Waals surface area (Å²) in [6.45, 7) is 6.98. The number of aryl methyl sites for hydroxylation is 1. The minimum atomic E-state index is -0.691. The van der Waals surface area contributed by atoms with Gasteiger partial charge in [-0.25, -0.2) is 4.39 Å². The van der Waals surface area contributed by atoms with Crippen molar-refractivity contribution in [1.29, 1.82) is 0 Å². The molecule has 182 valence electrons. The fraction of sp³-hybridized carbons (Fsp3) is 0.400. The molecule has 1 N–H and O–H groups in total. The number of rotatable bonds is 6. The Bertz CT molecular complexity index is 1280. The number of hydrogen-bond acceptors (Lipinski definition) is 3. The zero-order valence-corrected chi connectivity index (χ0v) is 20.6. The van der Waals surface area contributed by atoms with Crippen LogP contribution in [-0.2, 0) is 29.7 Å². The van der Waals surface area contributed by atoms with E-state index >= 15 is 0 Å². The third-order valence-corrected chi connectivity index (χ3v) is 7.37. The normalized spacial score (nSPS) is 21.0. The lowest BCUT2D eigenvalue weighted by Crippen LogP contribution is -2.21. The Morgan fingerprint density at radius 1 is 1.17 bits per heavy atom. The minimum Gasteiger partial charge on any atom is -0.489 e. The molecule has 0 saturated heterocycles. The highest BCUT2D eigenvalue weighted by Crippen LogP contribution is 2.60. The Balaban J connectivity index is 1.39. The molecule has 2 atom stereocenters. The number of benzene rings is 2. The summed E-state index contributed by atoms with van der Waals surface area (Å²) in [6.07, 6.45) is 7.46. The molecule has 0 amide bonds. The average Bonchev–Trinajstić information content (AvgIpc) is 3.52. The molecule has 35 heavy (non-hydrogen) atoms. The SMILES string of the molecule is CC(C)(C)Cc1cc(COc2ccc3c(c2)C2(CCC3)CC2C(=O)O)ccc1-c1cncc(F)c1. The zero-order valence-electron chi connectivity index (χ0n) is 20.6. The molecule has 3 aromatic rings. The van der Waals surface area contributed by atoms with Crippen molar-refractivity contribution in [2.24, 2.45) is 11.3 Å². The number of carboxylic acids is 1. The highest BCUT2D eigenvalue weighted by molar-refractivity contribution is 5.78. The Labute approximate surface area is 206 Å². The summed E-state index contributed by atoms with van der Waals surface area (Å²) in [4.78, 5) is 15.7. The molecule has 1 aromatic heterocycles. The maximum absolute atomic E-state index is 13.8. The first-order chi connectivity index (χ1) is 16.6. The van der Waals surface area contributed by atoms with Crippen molar-refractivity contribution < 1.29 is 19.0 Å². The molecule has 2 aliphatic carbocycles. The van der Waals surface area contributed by atoms with Crippen LogP contribution in [-0.4, -0.2) is 16.1 Å². The van der Waals surface area contributed by atoms with Crippen LogP contribution in [0.2, 0.25) is 0 Å². The van der Waals surface area contributed by atoms with Crippen molar-refractivity contribution in [1.82, 2.24) is 4.98 Å². The second-order valence-electron chi connectivity index (χ2n) is 11.3. The van der Waals surface area contributed by atoms with Crippen LogP contribution in [0.4, 0.5) is 4.39 Å². The summed E-state index contributed by atoms with van der Waals surface area (Å²) in [5.41, 5.74) is 6.21. The fourth-order valence-corrected chi connectivity index (χ4v) is 5.72. The van der Waals surface area contributed by atoms with Gasteiger partial charge in [0.25, 0.3) is 0 Å². The van der Waals surface area contributed by atoms with Gasteiger partial charge in [0.2, 0.25) is 0 Å². The number of halogens is 1. The molecule has 1 fully saturated rings. The van der Waals surface area contributed by atoms with Gasteiger partial charge in [-0.2, -0.15) is 0 Å².